The third-order valence-electron chi connectivity index (χ3n) is 10.7. The van der Waals surface area contributed by atoms with Crippen LogP contribution in [0.5, 0.6) is 34.5 Å². The van der Waals surface area contributed by atoms with Crippen molar-refractivity contribution in [3.63, 3.8) is 0 Å². The molecule has 2 aliphatic rings. The largest absolute Gasteiger partial charge is 0.493 e. The lowest BCUT2D eigenvalue weighted by Crippen LogP contribution is -2.44. The van der Waals surface area contributed by atoms with Crippen LogP contribution in [0.15, 0.2) is 84.0 Å². The summed E-state index contributed by atoms with van der Waals surface area (Å²) >= 11 is 0. The Kier molecular flexibility index (Phi) is 15.0. The van der Waals surface area contributed by atoms with Crippen LogP contribution in [-0.4, -0.2) is 92.4 Å². The van der Waals surface area contributed by atoms with Crippen molar-refractivity contribution in [2.75, 3.05) is 40.5 Å². The fourth-order valence-electron chi connectivity index (χ4n) is 7.42. The average Bonchev–Trinajstić information content (AvgIpc) is 3.30. The van der Waals surface area contributed by atoms with Crippen LogP contribution in [0.4, 0.5) is 0 Å². The number of carbonyl (C=O) groups excluding carboxylic acids is 2. The summed E-state index contributed by atoms with van der Waals surface area (Å²) in [6, 6.07) is 23.0. The first-order chi connectivity index (χ1) is 29.2. The first-order valence-corrected chi connectivity index (χ1v) is 20.2. The van der Waals surface area contributed by atoms with E-state index in [-0.39, 0.29) is 50.3 Å². The molecule has 0 bridgehead atoms. The zero-order valence-electron chi connectivity index (χ0n) is 34.5. The Morgan fingerprint density at radius 1 is 0.633 bits per heavy atom. The number of carbonyl (C=O) groups is 2. The molecule has 2 atom stereocenters. The number of amides is 2. The molecule has 6 rings (SSSR count). The SMILES string of the molecule is COc1cc(C(=O)N2CCCC[C@H]2C=N)ccc1OCc1cc(COc2ccc(C(=O)N3CCCC[C@H]3C=N)cc2OC)cc(OCCOc2ccc(/C(C)=N/N)cc2)c1. The summed E-state index contributed by atoms with van der Waals surface area (Å²) in [4.78, 5) is 30.4. The summed E-state index contributed by atoms with van der Waals surface area (Å²) in [6.07, 6.45) is 8.04. The van der Waals surface area contributed by atoms with Crippen LogP contribution in [0.3, 0.4) is 0 Å². The average molecular weight is 819 g/mol. The minimum atomic E-state index is -0.212. The van der Waals surface area contributed by atoms with Gasteiger partial charge in [0, 0.05) is 36.6 Å². The Morgan fingerprint density at radius 3 is 1.55 bits per heavy atom. The number of ether oxygens (including phenoxy) is 6. The maximum Gasteiger partial charge on any atom is 0.254 e. The van der Waals surface area contributed by atoms with Crippen LogP contribution in [0.25, 0.3) is 0 Å². The molecule has 4 aromatic rings. The van der Waals surface area contributed by atoms with Gasteiger partial charge in [-0.2, -0.15) is 5.10 Å². The zero-order valence-corrected chi connectivity index (χ0v) is 34.5. The molecule has 0 aliphatic carbocycles. The molecule has 2 amide bonds. The van der Waals surface area contributed by atoms with Gasteiger partial charge in [-0.3, -0.25) is 9.59 Å². The van der Waals surface area contributed by atoms with Crippen LogP contribution in [0, 0.1) is 10.8 Å². The predicted molar refractivity (Wildman–Crippen MR) is 230 cm³/mol. The van der Waals surface area contributed by atoms with Crippen LogP contribution in [-0.2, 0) is 13.2 Å². The summed E-state index contributed by atoms with van der Waals surface area (Å²) in [5.41, 5.74) is 4.15. The molecule has 4 aromatic carbocycles. The molecule has 60 heavy (non-hydrogen) atoms. The molecule has 0 spiro atoms. The number of rotatable bonds is 18. The van der Waals surface area contributed by atoms with Gasteiger partial charge in [-0.15, -0.1) is 0 Å². The Hall–Kier alpha value is -6.57. The summed E-state index contributed by atoms with van der Waals surface area (Å²) in [7, 11) is 3.07. The summed E-state index contributed by atoms with van der Waals surface area (Å²) in [5.74, 6) is 8.14. The van der Waals surface area contributed by atoms with E-state index in [2.05, 4.69) is 5.10 Å². The number of benzene rings is 4. The molecule has 14 heteroatoms. The van der Waals surface area contributed by atoms with Crippen molar-refractivity contribution >= 4 is 30.0 Å². The maximum absolute atomic E-state index is 13.4. The molecule has 2 fully saturated rings. The van der Waals surface area contributed by atoms with Gasteiger partial charge in [-0.25, -0.2) is 0 Å². The molecule has 0 radical (unpaired) electrons. The van der Waals surface area contributed by atoms with Gasteiger partial charge in [-0.05, 0) is 141 Å². The van der Waals surface area contributed by atoms with Crippen molar-refractivity contribution in [2.24, 2.45) is 10.9 Å². The minimum Gasteiger partial charge on any atom is -0.493 e. The Bertz CT molecular complexity index is 2050. The van der Waals surface area contributed by atoms with E-state index in [4.69, 9.17) is 45.1 Å². The highest BCUT2D eigenvalue weighted by Crippen LogP contribution is 2.33. The van der Waals surface area contributed by atoms with Gasteiger partial charge in [0.15, 0.2) is 23.0 Å². The van der Waals surface area contributed by atoms with Crippen LogP contribution >= 0.6 is 0 Å². The van der Waals surface area contributed by atoms with Crippen LogP contribution in [0.2, 0.25) is 0 Å². The van der Waals surface area contributed by atoms with Crippen molar-refractivity contribution in [2.45, 2.75) is 70.7 Å². The third kappa shape index (κ3) is 10.7. The lowest BCUT2D eigenvalue weighted by Gasteiger charge is -2.33. The van der Waals surface area contributed by atoms with Gasteiger partial charge in [-0.1, -0.05) is 0 Å². The standard InChI is InChI=1S/C46H54N6O8/c1-31(50-49)34-10-14-39(15-11-34)57-20-21-58-40-23-32(29-59-41-16-12-35(25-43(41)55-2)45(53)51-18-6-4-8-37(51)27-47)22-33(24-40)30-60-42-17-13-36(26-44(42)56-3)46(54)52-19-7-5-9-38(52)28-48/h10-17,22-28,37-38,47-48H,4-9,18-21,29-30,49H2,1-3H3/b47-27?,48-28?,50-31+/t37-,38-/m0/s1. The Labute approximate surface area is 351 Å². The van der Waals surface area contributed by atoms with Gasteiger partial charge >= 0.3 is 0 Å². The molecule has 0 saturated carbocycles. The van der Waals surface area contributed by atoms with Crippen LogP contribution in [0.1, 0.15) is 82.9 Å². The second kappa shape index (κ2) is 20.9. The zero-order chi connectivity index (χ0) is 42.4. The third-order valence-corrected chi connectivity index (χ3v) is 10.7. The number of piperidine rings is 2. The van der Waals surface area contributed by atoms with E-state index < -0.39 is 0 Å². The Morgan fingerprint density at radius 2 is 1.10 bits per heavy atom. The summed E-state index contributed by atoms with van der Waals surface area (Å²) in [6.45, 7) is 3.90. The van der Waals surface area contributed by atoms with Crippen molar-refractivity contribution < 1.29 is 38.0 Å². The number of methoxy groups -OCH3 is 2. The molecule has 316 valence electrons. The summed E-state index contributed by atoms with van der Waals surface area (Å²) in [5, 5.41) is 19.3. The topological polar surface area (TPSA) is 182 Å². The van der Waals surface area contributed by atoms with E-state index in [0.29, 0.717) is 58.7 Å². The second-order valence-electron chi connectivity index (χ2n) is 14.7. The smallest absolute Gasteiger partial charge is 0.254 e. The molecule has 2 aliphatic heterocycles. The van der Waals surface area contributed by atoms with Gasteiger partial charge < -0.3 is 54.9 Å². The molecule has 0 aromatic heterocycles. The minimum absolute atomic E-state index is 0.143. The monoisotopic (exact) mass is 818 g/mol. The van der Waals surface area contributed by atoms with Gasteiger partial charge in [0.25, 0.3) is 11.8 Å². The number of hydrazone groups is 1. The van der Waals surface area contributed by atoms with Crippen molar-refractivity contribution in [3.05, 3.63) is 107 Å². The van der Waals surface area contributed by atoms with E-state index in [9.17, 15) is 9.59 Å². The Balaban J connectivity index is 1.17. The summed E-state index contributed by atoms with van der Waals surface area (Å²) < 4.78 is 36.0. The lowest BCUT2D eigenvalue weighted by atomic mass is 10.0. The number of hydrogen-bond acceptors (Lipinski definition) is 12. The van der Waals surface area contributed by atoms with E-state index in [0.717, 1.165) is 60.9 Å². The van der Waals surface area contributed by atoms with Gasteiger partial charge in [0.1, 0.15) is 37.9 Å². The molecule has 2 heterocycles. The first-order valence-electron chi connectivity index (χ1n) is 20.2. The van der Waals surface area contributed by atoms with Gasteiger partial charge in [0.2, 0.25) is 0 Å². The fourth-order valence-corrected chi connectivity index (χ4v) is 7.42. The van der Waals surface area contributed by atoms with E-state index in [1.807, 2.05) is 49.4 Å². The molecule has 14 nitrogen and oxygen atoms in total. The van der Waals surface area contributed by atoms with E-state index >= 15 is 0 Å². The molecular weight excluding hydrogens is 765 g/mol. The highest BCUT2D eigenvalue weighted by Gasteiger charge is 2.28. The van der Waals surface area contributed by atoms with E-state index in [1.165, 1.54) is 26.6 Å². The van der Waals surface area contributed by atoms with Gasteiger partial charge in [0.05, 0.1) is 32.0 Å². The maximum atomic E-state index is 13.4. The molecular formula is C46H54N6O8. The number of nitrogens with one attached hydrogen (secondary N) is 2. The quantitative estimate of drug-likeness (QED) is 0.0402. The highest BCUT2D eigenvalue weighted by molar-refractivity contribution is 5.99. The van der Waals surface area contributed by atoms with Crippen molar-refractivity contribution in [1.82, 2.24) is 9.80 Å². The number of nitrogens with two attached hydrogens (primary N) is 1. The highest BCUT2D eigenvalue weighted by atomic mass is 16.5. The normalized spacial score (nSPS) is 16.7. The van der Waals surface area contributed by atoms with Crippen molar-refractivity contribution in [3.8, 4) is 34.5 Å². The van der Waals surface area contributed by atoms with Crippen LogP contribution < -0.4 is 34.3 Å². The molecule has 0 unspecified atom stereocenters. The number of hydrogen-bond donors (Lipinski definition) is 3. The number of nitrogens with zero attached hydrogens (tertiary/aromatic N) is 3. The predicted octanol–water partition coefficient (Wildman–Crippen LogP) is 7.29. The van der Waals surface area contributed by atoms with E-state index in [1.54, 1.807) is 46.2 Å². The molecule has 4 N–H and O–H groups in total. The fraction of sp³-hybridized carbons (Fsp3) is 0.370. The second-order valence-corrected chi connectivity index (χ2v) is 14.7. The molecule has 2 saturated heterocycles. The first kappa shape index (κ1) is 43.0. The number of likely N-dealkylation sites (tertiary alicyclic amines) is 2. The van der Waals surface area contributed by atoms with Crippen molar-refractivity contribution in [1.29, 1.82) is 10.8 Å². The lowest BCUT2D eigenvalue weighted by molar-refractivity contribution is 0.0676.